The van der Waals surface area contributed by atoms with E-state index in [1.807, 2.05) is 18.2 Å². The van der Waals surface area contributed by atoms with Gasteiger partial charge in [0, 0.05) is 0 Å². The van der Waals surface area contributed by atoms with E-state index in [1.165, 1.54) is 24.8 Å². The second-order valence-electron chi connectivity index (χ2n) is 5.12. The molecular weight excluding hydrogens is 208 g/mol. The molecule has 1 aromatic rings. The van der Waals surface area contributed by atoms with Gasteiger partial charge in [-0.1, -0.05) is 44.9 Å². The van der Waals surface area contributed by atoms with Gasteiger partial charge in [0.2, 0.25) is 0 Å². The fourth-order valence-electron chi connectivity index (χ4n) is 2.09. The lowest BCUT2D eigenvalue weighted by Gasteiger charge is -2.12. The number of phenols is 1. The maximum Gasteiger partial charge on any atom is 0.115 e. The molecule has 0 saturated carbocycles. The minimum atomic E-state index is 0.370. The van der Waals surface area contributed by atoms with Crippen LogP contribution >= 0.6 is 0 Å². The van der Waals surface area contributed by atoms with E-state index < -0.39 is 0 Å². The van der Waals surface area contributed by atoms with E-state index in [-0.39, 0.29) is 0 Å². The van der Waals surface area contributed by atoms with Crippen molar-refractivity contribution in [3.8, 4) is 5.75 Å². The third kappa shape index (κ3) is 5.58. The Morgan fingerprint density at radius 1 is 1.29 bits per heavy atom. The number of allylic oxidation sites excluding steroid dienone is 1. The van der Waals surface area contributed by atoms with Crippen molar-refractivity contribution in [3.05, 3.63) is 42.5 Å². The van der Waals surface area contributed by atoms with Gasteiger partial charge in [0.1, 0.15) is 5.75 Å². The fourth-order valence-corrected chi connectivity index (χ4v) is 2.09. The summed E-state index contributed by atoms with van der Waals surface area (Å²) in [6, 6.07) is 7.59. The zero-order valence-electron chi connectivity index (χ0n) is 11.0. The van der Waals surface area contributed by atoms with E-state index in [0.29, 0.717) is 17.6 Å². The molecule has 0 radical (unpaired) electrons. The highest BCUT2D eigenvalue weighted by Crippen LogP contribution is 2.19. The van der Waals surface area contributed by atoms with E-state index in [2.05, 4.69) is 26.5 Å². The molecular formula is C16H24O. The normalized spacial score (nSPS) is 14.2. The highest BCUT2D eigenvalue weighted by atomic mass is 16.3. The van der Waals surface area contributed by atoms with Gasteiger partial charge < -0.3 is 5.11 Å². The highest BCUT2D eigenvalue weighted by molar-refractivity contribution is 5.27. The molecule has 1 nitrogen and oxygen atoms in total. The number of hydrogen-bond acceptors (Lipinski definition) is 1. The molecule has 0 spiro atoms. The molecule has 1 rings (SSSR count). The number of phenolic OH excluding ortho intramolecular Hbond substituents is 1. The van der Waals surface area contributed by atoms with Crippen LogP contribution < -0.4 is 0 Å². The van der Waals surface area contributed by atoms with Gasteiger partial charge in [-0.05, 0) is 42.4 Å². The molecule has 0 aliphatic carbocycles. The second kappa shape index (κ2) is 7.16. The average Bonchev–Trinajstić information content (AvgIpc) is 2.28. The van der Waals surface area contributed by atoms with Gasteiger partial charge >= 0.3 is 0 Å². The standard InChI is InChI=1S/C16H24O/c1-4-13(2)7-5-8-14(3)11-15-9-6-10-16(17)12-15/h4,6,9-10,12-14,17H,1,5,7-8,11H2,2-3H3. The lowest BCUT2D eigenvalue weighted by molar-refractivity contribution is 0.463. The first-order chi connectivity index (χ1) is 8.11. The smallest absolute Gasteiger partial charge is 0.115 e. The van der Waals surface area contributed by atoms with E-state index in [1.54, 1.807) is 6.07 Å². The van der Waals surface area contributed by atoms with E-state index >= 15 is 0 Å². The van der Waals surface area contributed by atoms with Gasteiger partial charge in [-0.15, -0.1) is 6.58 Å². The molecule has 94 valence electrons. The van der Waals surface area contributed by atoms with Crippen molar-refractivity contribution in [2.45, 2.75) is 39.5 Å². The summed E-state index contributed by atoms with van der Waals surface area (Å²) in [5.74, 6) is 1.67. The topological polar surface area (TPSA) is 20.2 Å². The van der Waals surface area contributed by atoms with Crippen LogP contribution in [0.25, 0.3) is 0 Å². The van der Waals surface area contributed by atoms with E-state index in [0.717, 1.165) is 6.42 Å². The first-order valence-electron chi connectivity index (χ1n) is 6.52. The lowest BCUT2D eigenvalue weighted by Crippen LogP contribution is -2.01. The molecule has 0 amide bonds. The third-order valence-electron chi connectivity index (χ3n) is 3.25. The van der Waals surface area contributed by atoms with Gasteiger partial charge in [0.15, 0.2) is 0 Å². The van der Waals surface area contributed by atoms with Crippen LogP contribution in [0.2, 0.25) is 0 Å². The number of rotatable bonds is 7. The molecule has 0 bridgehead atoms. The lowest BCUT2D eigenvalue weighted by atomic mass is 9.93. The Hall–Kier alpha value is -1.24. The molecule has 0 heterocycles. The van der Waals surface area contributed by atoms with Crippen LogP contribution in [-0.4, -0.2) is 5.11 Å². The van der Waals surface area contributed by atoms with Crippen molar-refractivity contribution >= 4 is 0 Å². The SMILES string of the molecule is C=CC(C)CCCC(C)Cc1cccc(O)c1. The summed E-state index contributed by atoms with van der Waals surface area (Å²) >= 11 is 0. The molecule has 2 unspecified atom stereocenters. The van der Waals surface area contributed by atoms with Crippen LogP contribution in [0.4, 0.5) is 0 Å². The maximum absolute atomic E-state index is 9.40. The zero-order chi connectivity index (χ0) is 12.7. The summed E-state index contributed by atoms with van der Waals surface area (Å²) in [6.45, 7) is 8.30. The first-order valence-corrected chi connectivity index (χ1v) is 6.52. The van der Waals surface area contributed by atoms with Crippen molar-refractivity contribution in [1.82, 2.24) is 0 Å². The van der Waals surface area contributed by atoms with Crippen LogP contribution in [0.3, 0.4) is 0 Å². The molecule has 2 atom stereocenters. The molecule has 17 heavy (non-hydrogen) atoms. The molecule has 0 saturated heterocycles. The van der Waals surface area contributed by atoms with Crippen LogP contribution in [-0.2, 0) is 6.42 Å². The van der Waals surface area contributed by atoms with Gasteiger partial charge in [0.25, 0.3) is 0 Å². The van der Waals surface area contributed by atoms with Crippen molar-refractivity contribution in [3.63, 3.8) is 0 Å². The predicted octanol–water partition coefficient (Wildman–Crippen LogP) is 4.56. The van der Waals surface area contributed by atoms with Crippen LogP contribution in [0.15, 0.2) is 36.9 Å². The van der Waals surface area contributed by atoms with Crippen LogP contribution in [0.5, 0.6) is 5.75 Å². The third-order valence-corrected chi connectivity index (χ3v) is 3.25. The summed E-state index contributed by atoms with van der Waals surface area (Å²) in [4.78, 5) is 0. The molecule has 0 fully saturated rings. The summed E-state index contributed by atoms with van der Waals surface area (Å²) in [6.07, 6.45) is 6.81. The van der Waals surface area contributed by atoms with Crippen molar-refractivity contribution < 1.29 is 5.11 Å². The average molecular weight is 232 g/mol. The van der Waals surface area contributed by atoms with Gasteiger partial charge in [-0.3, -0.25) is 0 Å². The van der Waals surface area contributed by atoms with Crippen LogP contribution in [0, 0.1) is 11.8 Å². The summed E-state index contributed by atoms with van der Waals surface area (Å²) < 4.78 is 0. The molecule has 1 aromatic carbocycles. The Labute approximate surface area is 105 Å². The Kier molecular flexibility index (Phi) is 5.82. The molecule has 0 aliphatic heterocycles. The first kappa shape index (κ1) is 13.8. The van der Waals surface area contributed by atoms with Gasteiger partial charge in [0.05, 0.1) is 0 Å². The summed E-state index contributed by atoms with van der Waals surface area (Å²) in [7, 11) is 0. The van der Waals surface area contributed by atoms with Crippen molar-refractivity contribution in [1.29, 1.82) is 0 Å². The molecule has 0 aromatic heterocycles. The molecule has 1 heteroatoms. The number of benzene rings is 1. The largest absolute Gasteiger partial charge is 0.508 e. The number of aromatic hydroxyl groups is 1. The van der Waals surface area contributed by atoms with E-state index in [4.69, 9.17) is 0 Å². The fraction of sp³-hybridized carbons (Fsp3) is 0.500. The second-order valence-corrected chi connectivity index (χ2v) is 5.12. The van der Waals surface area contributed by atoms with Crippen molar-refractivity contribution in [2.24, 2.45) is 11.8 Å². The van der Waals surface area contributed by atoms with Gasteiger partial charge in [-0.25, -0.2) is 0 Å². The predicted molar refractivity (Wildman–Crippen MR) is 74.2 cm³/mol. The maximum atomic E-state index is 9.40. The summed E-state index contributed by atoms with van der Waals surface area (Å²) in [5, 5.41) is 9.40. The van der Waals surface area contributed by atoms with Gasteiger partial charge in [-0.2, -0.15) is 0 Å². The van der Waals surface area contributed by atoms with Crippen LogP contribution in [0.1, 0.15) is 38.7 Å². The molecule has 1 N–H and O–H groups in total. The van der Waals surface area contributed by atoms with E-state index in [9.17, 15) is 5.11 Å². The monoisotopic (exact) mass is 232 g/mol. The summed E-state index contributed by atoms with van der Waals surface area (Å²) in [5.41, 5.74) is 1.23. The number of hydrogen-bond donors (Lipinski definition) is 1. The quantitative estimate of drug-likeness (QED) is 0.683. The Balaban J connectivity index is 2.29. The molecule has 0 aliphatic rings. The highest BCUT2D eigenvalue weighted by Gasteiger charge is 2.05. The Morgan fingerprint density at radius 3 is 2.71 bits per heavy atom. The Morgan fingerprint density at radius 2 is 2.06 bits per heavy atom. The zero-order valence-corrected chi connectivity index (χ0v) is 11.0. The van der Waals surface area contributed by atoms with Crippen molar-refractivity contribution in [2.75, 3.05) is 0 Å². The minimum Gasteiger partial charge on any atom is -0.508 e. The Bertz CT molecular complexity index is 343. The minimum absolute atomic E-state index is 0.370.